The van der Waals surface area contributed by atoms with E-state index in [4.69, 9.17) is 14.6 Å². The number of carbonyl (C=O) groups excluding carboxylic acids is 1. The molecule has 0 saturated heterocycles. The molecule has 19 heavy (non-hydrogen) atoms. The Bertz CT molecular complexity index is 445. The van der Waals surface area contributed by atoms with Crippen molar-refractivity contribution in [2.45, 2.75) is 12.5 Å². The van der Waals surface area contributed by atoms with E-state index in [9.17, 15) is 9.90 Å². The summed E-state index contributed by atoms with van der Waals surface area (Å²) in [5, 5.41) is 21.0. The van der Waals surface area contributed by atoms with Gasteiger partial charge in [0.1, 0.15) is 17.1 Å². The van der Waals surface area contributed by atoms with Crippen molar-refractivity contribution in [3.63, 3.8) is 0 Å². The molecule has 6 heteroatoms. The third-order valence-corrected chi connectivity index (χ3v) is 2.62. The second kappa shape index (κ2) is 6.40. The molecule has 1 atom stereocenters. The molecule has 1 amide bonds. The van der Waals surface area contributed by atoms with Gasteiger partial charge in [-0.25, -0.2) is 0 Å². The van der Waals surface area contributed by atoms with Gasteiger partial charge in [0.15, 0.2) is 0 Å². The van der Waals surface area contributed by atoms with Crippen molar-refractivity contribution >= 4 is 5.91 Å². The second-order valence-electron chi connectivity index (χ2n) is 4.40. The van der Waals surface area contributed by atoms with E-state index in [0.29, 0.717) is 17.1 Å². The highest BCUT2D eigenvalue weighted by Gasteiger charge is 2.21. The molecule has 0 aliphatic rings. The third-order valence-electron chi connectivity index (χ3n) is 2.62. The van der Waals surface area contributed by atoms with Crippen LogP contribution in [0.25, 0.3) is 0 Å². The number of carbonyl (C=O) groups is 1. The number of rotatable bonds is 6. The lowest BCUT2D eigenvalue weighted by atomic mass is 10.1. The first-order chi connectivity index (χ1) is 8.93. The number of hydrogen-bond donors (Lipinski definition) is 3. The third kappa shape index (κ3) is 4.11. The number of hydrogen-bond acceptors (Lipinski definition) is 5. The van der Waals surface area contributed by atoms with E-state index in [1.807, 2.05) is 0 Å². The highest BCUT2D eigenvalue weighted by molar-refractivity contribution is 5.97. The van der Waals surface area contributed by atoms with Gasteiger partial charge in [0.25, 0.3) is 5.91 Å². The predicted molar refractivity (Wildman–Crippen MR) is 69.6 cm³/mol. The fourth-order valence-corrected chi connectivity index (χ4v) is 1.41. The van der Waals surface area contributed by atoms with E-state index in [1.165, 1.54) is 21.1 Å². The van der Waals surface area contributed by atoms with Crippen molar-refractivity contribution in [1.29, 1.82) is 0 Å². The lowest BCUT2D eigenvalue weighted by Gasteiger charge is -2.21. The average molecular weight is 269 g/mol. The molecule has 0 aromatic heterocycles. The first-order valence-electron chi connectivity index (χ1n) is 5.77. The van der Waals surface area contributed by atoms with E-state index >= 15 is 0 Å². The van der Waals surface area contributed by atoms with Crippen LogP contribution in [-0.4, -0.2) is 49.1 Å². The minimum atomic E-state index is -1.35. The topological polar surface area (TPSA) is 88.0 Å². The normalized spacial score (nSPS) is 13.5. The van der Waals surface area contributed by atoms with Gasteiger partial charge in [0.2, 0.25) is 0 Å². The Morgan fingerprint density at radius 1 is 1.37 bits per heavy atom. The largest absolute Gasteiger partial charge is 0.497 e. The Morgan fingerprint density at radius 3 is 2.58 bits per heavy atom. The molecule has 0 radical (unpaired) electrons. The summed E-state index contributed by atoms with van der Waals surface area (Å²) in [7, 11) is 2.97. The van der Waals surface area contributed by atoms with Gasteiger partial charge in [-0.1, -0.05) is 0 Å². The molecule has 1 rings (SSSR count). The summed E-state index contributed by atoms with van der Waals surface area (Å²) >= 11 is 0. The van der Waals surface area contributed by atoms with Crippen LogP contribution in [0.2, 0.25) is 0 Å². The number of amides is 1. The van der Waals surface area contributed by atoms with Crippen LogP contribution < -0.4 is 14.8 Å². The molecule has 0 heterocycles. The van der Waals surface area contributed by atoms with Gasteiger partial charge in [-0.15, -0.1) is 0 Å². The lowest BCUT2D eigenvalue weighted by molar-refractivity contribution is 0.00318. The maximum Gasteiger partial charge on any atom is 0.255 e. The minimum Gasteiger partial charge on any atom is -0.497 e. The van der Waals surface area contributed by atoms with Gasteiger partial charge in [0, 0.05) is 12.6 Å². The number of aliphatic hydroxyl groups is 2. The first-order valence-corrected chi connectivity index (χ1v) is 5.77. The molecule has 6 nitrogen and oxygen atoms in total. The first kappa shape index (κ1) is 15.3. The van der Waals surface area contributed by atoms with Gasteiger partial charge in [-0.05, 0) is 19.1 Å². The van der Waals surface area contributed by atoms with E-state index in [1.54, 1.807) is 18.2 Å². The summed E-state index contributed by atoms with van der Waals surface area (Å²) in [6.45, 7) is 0.934. The van der Waals surface area contributed by atoms with Gasteiger partial charge < -0.3 is 25.0 Å². The van der Waals surface area contributed by atoms with Crippen LogP contribution in [0.5, 0.6) is 11.5 Å². The molecule has 1 aromatic carbocycles. The van der Waals surface area contributed by atoms with Crippen LogP contribution in [-0.2, 0) is 0 Å². The summed E-state index contributed by atoms with van der Waals surface area (Å²) in [6, 6.07) is 4.81. The standard InChI is InChI=1S/C13H19NO5/c1-13(17,8-15)7-14-12(16)10-5-4-9(18-2)6-11(10)19-3/h4-6,15,17H,7-8H2,1-3H3,(H,14,16). The molecule has 0 spiro atoms. The van der Waals surface area contributed by atoms with Gasteiger partial charge in [0.05, 0.1) is 26.4 Å². The molecule has 3 N–H and O–H groups in total. The summed E-state index contributed by atoms with van der Waals surface area (Å²) in [4.78, 5) is 12.0. The van der Waals surface area contributed by atoms with Crippen LogP contribution in [0.4, 0.5) is 0 Å². The zero-order chi connectivity index (χ0) is 14.5. The Balaban J connectivity index is 2.82. The van der Waals surface area contributed by atoms with Crippen molar-refractivity contribution in [3.8, 4) is 11.5 Å². The number of nitrogens with one attached hydrogen (secondary N) is 1. The lowest BCUT2D eigenvalue weighted by Crippen LogP contribution is -2.43. The molecular formula is C13H19NO5. The van der Waals surface area contributed by atoms with Crippen molar-refractivity contribution < 1.29 is 24.5 Å². The summed E-state index contributed by atoms with van der Waals surface area (Å²) in [6.07, 6.45) is 0. The van der Waals surface area contributed by atoms with E-state index in [-0.39, 0.29) is 6.54 Å². The molecule has 0 bridgehead atoms. The van der Waals surface area contributed by atoms with Crippen molar-refractivity contribution in [2.75, 3.05) is 27.4 Å². The van der Waals surface area contributed by atoms with E-state index < -0.39 is 18.1 Å². The Kier molecular flexibility index (Phi) is 5.14. The van der Waals surface area contributed by atoms with Crippen molar-refractivity contribution in [1.82, 2.24) is 5.32 Å². The maximum absolute atomic E-state index is 12.0. The van der Waals surface area contributed by atoms with Gasteiger partial charge in [-0.2, -0.15) is 0 Å². The van der Waals surface area contributed by atoms with Crippen LogP contribution in [0.15, 0.2) is 18.2 Å². The van der Waals surface area contributed by atoms with Crippen molar-refractivity contribution in [2.24, 2.45) is 0 Å². The quantitative estimate of drug-likeness (QED) is 0.685. The van der Waals surface area contributed by atoms with E-state index in [0.717, 1.165) is 0 Å². The van der Waals surface area contributed by atoms with Gasteiger partial charge >= 0.3 is 0 Å². The zero-order valence-corrected chi connectivity index (χ0v) is 11.3. The fraction of sp³-hybridized carbons (Fsp3) is 0.462. The molecule has 1 unspecified atom stereocenters. The number of methoxy groups -OCH3 is 2. The highest BCUT2D eigenvalue weighted by Crippen LogP contribution is 2.24. The summed E-state index contributed by atoms with van der Waals surface area (Å²) < 4.78 is 10.2. The molecular weight excluding hydrogens is 250 g/mol. The number of ether oxygens (including phenoxy) is 2. The average Bonchev–Trinajstić information content (AvgIpc) is 2.44. The van der Waals surface area contributed by atoms with Crippen LogP contribution >= 0.6 is 0 Å². The maximum atomic E-state index is 12.0. The fourth-order valence-electron chi connectivity index (χ4n) is 1.41. The Morgan fingerprint density at radius 2 is 2.05 bits per heavy atom. The summed E-state index contributed by atoms with van der Waals surface area (Å²) in [5.74, 6) is 0.560. The Labute approximate surface area is 112 Å². The molecule has 0 fully saturated rings. The monoisotopic (exact) mass is 269 g/mol. The second-order valence-corrected chi connectivity index (χ2v) is 4.40. The number of aliphatic hydroxyl groups excluding tert-OH is 1. The molecule has 106 valence electrons. The van der Waals surface area contributed by atoms with Crippen LogP contribution in [0.1, 0.15) is 17.3 Å². The van der Waals surface area contributed by atoms with Crippen molar-refractivity contribution in [3.05, 3.63) is 23.8 Å². The minimum absolute atomic E-state index is 0.0580. The summed E-state index contributed by atoms with van der Waals surface area (Å²) in [5.41, 5.74) is -1.02. The smallest absolute Gasteiger partial charge is 0.255 e. The Hall–Kier alpha value is -1.79. The zero-order valence-electron chi connectivity index (χ0n) is 11.3. The number of benzene rings is 1. The van der Waals surface area contributed by atoms with E-state index in [2.05, 4.69) is 5.32 Å². The van der Waals surface area contributed by atoms with Gasteiger partial charge in [-0.3, -0.25) is 4.79 Å². The highest BCUT2D eigenvalue weighted by atomic mass is 16.5. The van der Waals surface area contributed by atoms with Crippen LogP contribution in [0, 0.1) is 0 Å². The molecule has 1 aromatic rings. The molecule has 0 aliphatic heterocycles. The molecule has 0 aliphatic carbocycles. The SMILES string of the molecule is COc1ccc(C(=O)NCC(C)(O)CO)c(OC)c1. The van der Waals surface area contributed by atoms with Crippen LogP contribution in [0.3, 0.4) is 0 Å². The predicted octanol–water partition coefficient (Wildman–Crippen LogP) is 0.177. The molecule has 0 saturated carbocycles.